The van der Waals surface area contributed by atoms with Gasteiger partial charge < -0.3 is 14.8 Å². The Morgan fingerprint density at radius 1 is 1.10 bits per heavy atom. The fourth-order valence-corrected chi connectivity index (χ4v) is 3.41. The van der Waals surface area contributed by atoms with E-state index in [2.05, 4.69) is 14.6 Å². The van der Waals surface area contributed by atoms with E-state index in [4.69, 9.17) is 49.2 Å². The van der Waals surface area contributed by atoms with Crippen LogP contribution in [0, 0.1) is 5.82 Å². The van der Waals surface area contributed by atoms with Gasteiger partial charge in [0.15, 0.2) is 18.2 Å². The minimum atomic E-state index is -4.99. The van der Waals surface area contributed by atoms with Crippen LogP contribution >= 0.6 is 11.6 Å². The molecule has 0 saturated carbocycles. The van der Waals surface area contributed by atoms with Crippen LogP contribution in [0.1, 0.15) is 15.9 Å². The molecule has 6 radical (unpaired) electrons. The molecule has 1 amide bonds. The summed E-state index contributed by atoms with van der Waals surface area (Å²) in [6.07, 6.45) is -4.14. The molecule has 1 heterocycles. The zero-order valence-corrected chi connectivity index (χ0v) is 21.1. The molecular weight excluding hydrogens is 586 g/mol. The van der Waals surface area contributed by atoms with Gasteiger partial charge in [-0.2, -0.15) is 26.7 Å². The summed E-state index contributed by atoms with van der Waals surface area (Å²) in [6, 6.07) is 4.24. The van der Waals surface area contributed by atoms with Gasteiger partial charge in [-0.25, -0.2) is 13.3 Å². The standard InChI is InChI=1S/C20H11B3ClF4N3O8S/c21-20(22,23)39-16-3-9(25)1-2-14(16)38-15-6-12(19(26,27)28)13(24)5-11(15)18(33)30-10-4-17(32)31(29-7-10)8-37-40(34,35)36/h1-7H,8H2,(H,30,33)(H,34,35,36). The third kappa shape index (κ3) is 8.48. The molecule has 0 fully saturated rings. The van der Waals surface area contributed by atoms with Crippen LogP contribution in [-0.4, -0.2) is 57.5 Å². The minimum absolute atomic E-state index is 0.301. The second kappa shape index (κ2) is 11.5. The lowest BCUT2D eigenvalue weighted by atomic mass is 9.52. The van der Waals surface area contributed by atoms with E-state index < -0.39 is 79.3 Å². The van der Waals surface area contributed by atoms with Crippen molar-refractivity contribution in [3.8, 4) is 17.2 Å². The minimum Gasteiger partial charge on any atom is -0.512 e. The number of amides is 1. The Labute approximate surface area is 231 Å². The van der Waals surface area contributed by atoms with E-state index >= 15 is 0 Å². The van der Waals surface area contributed by atoms with Crippen molar-refractivity contribution in [3.63, 3.8) is 0 Å². The molecule has 2 N–H and O–H groups in total. The lowest BCUT2D eigenvalue weighted by molar-refractivity contribution is -0.137. The average Bonchev–Trinajstić information content (AvgIpc) is 2.78. The highest BCUT2D eigenvalue weighted by Gasteiger charge is 2.35. The van der Waals surface area contributed by atoms with E-state index in [1.165, 1.54) is 0 Å². The van der Waals surface area contributed by atoms with Crippen LogP contribution in [0.4, 0.5) is 23.2 Å². The first-order valence-electron chi connectivity index (χ1n) is 10.3. The van der Waals surface area contributed by atoms with E-state index in [0.717, 1.165) is 24.4 Å². The first kappa shape index (κ1) is 31.0. The van der Waals surface area contributed by atoms with Crippen LogP contribution in [0.15, 0.2) is 47.4 Å². The topological polar surface area (TPSA) is 146 Å². The number of halogens is 5. The van der Waals surface area contributed by atoms with Crippen LogP contribution in [0.25, 0.3) is 0 Å². The van der Waals surface area contributed by atoms with Crippen LogP contribution < -0.4 is 20.3 Å². The predicted octanol–water partition coefficient (Wildman–Crippen LogP) is 2.37. The highest BCUT2D eigenvalue weighted by molar-refractivity contribution is 7.80. The van der Waals surface area contributed by atoms with E-state index in [-0.39, 0.29) is 5.69 Å². The number of ether oxygens (including phenoxy) is 2. The number of alkyl halides is 3. The number of benzene rings is 2. The number of anilines is 1. The molecule has 11 nitrogen and oxygen atoms in total. The molecule has 0 spiro atoms. The Morgan fingerprint density at radius 3 is 2.35 bits per heavy atom. The second-order valence-electron chi connectivity index (χ2n) is 7.69. The van der Waals surface area contributed by atoms with Gasteiger partial charge in [0, 0.05) is 12.1 Å². The zero-order valence-electron chi connectivity index (χ0n) is 19.5. The lowest BCUT2D eigenvalue weighted by Gasteiger charge is -2.25. The molecule has 0 aliphatic carbocycles. The maximum Gasteiger partial charge on any atom is 0.417 e. The van der Waals surface area contributed by atoms with Gasteiger partial charge in [0.1, 0.15) is 35.1 Å². The summed E-state index contributed by atoms with van der Waals surface area (Å²) in [4.78, 5) is 25.1. The number of hydrogen-bond donors (Lipinski definition) is 2. The maximum atomic E-state index is 13.8. The summed E-state index contributed by atoms with van der Waals surface area (Å²) in [5, 5.41) is 2.45. The largest absolute Gasteiger partial charge is 0.512 e. The lowest BCUT2D eigenvalue weighted by Crippen LogP contribution is -2.37. The molecule has 0 atom stereocenters. The Bertz CT molecular complexity index is 1620. The summed E-state index contributed by atoms with van der Waals surface area (Å²) >= 11 is 5.76. The van der Waals surface area contributed by atoms with Gasteiger partial charge in [0.05, 0.1) is 28.0 Å². The van der Waals surface area contributed by atoms with Crippen molar-refractivity contribution in [3.05, 3.63) is 74.9 Å². The normalized spacial score (nSPS) is 12.2. The number of aromatic nitrogens is 2. The smallest absolute Gasteiger partial charge is 0.417 e. The fraction of sp³-hybridized carbons (Fsp3) is 0.150. The maximum absolute atomic E-state index is 13.8. The van der Waals surface area contributed by atoms with Crippen molar-refractivity contribution in [2.45, 2.75) is 18.2 Å². The number of nitrogens with zero attached hydrogens (tertiary/aromatic N) is 2. The Morgan fingerprint density at radius 2 is 1.77 bits per heavy atom. The van der Waals surface area contributed by atoms with Crippen molar-refractivity contribution < 1.29 is 49.0 Å². The number of rotatable bonds is 9. The molecule has 0 bridgehead atoms. The molecule has 1 aromatic heterocycles. The highest BCUT2D eigenvalue weighted by atomic mass is 35.5. The van der Waals surface area contributed by atoms with Crippen LogP contribution in [0.3, 0.4) is 0 Å². The van der Waals surface area contributed by atoms with Gasteiger partial charge in [0.2, 0.25) is 0 Å². The molecule has 3 aromatic rings. The quantitative estimate of drug-likeness (QED) is 0.216. The summed E-state index contributed by atoms with van der Waals surface area (Å²) in [6.45, 7) is -1.00. The molecule has 40 heavy (non-hydrogen) atoms. The molecule has 0 unspecified atom stereocenters. The summed E-state index contributed by atoms with van der Waals surface area (Å²) in [5.41, 5.74) is -3.32. The zero-order chi connectivity index (χ0) is 30.0. The third-order valence-corrected chi connectivity index (χ3v) is 5.20. The van der Waals surface area contributed by atoms with E-state index in [1.807, 2.05) is 0 Å². The molecule has 0 aliphatic rings. The first-order chi connectivity index (χ1) is 18.3. The van der Waals surface area contributed by atoms with E-state index in [0.29, 0.717) is 22.9 Å². The van der Waals surface area contributed by atoms with E-state index in [1.54, 1.807) is 0 Å². The van der Waals surface area contributed by atoms with Crippen molar-refractivity contribution in [2.24, 2.45) is 0 Å². The first-order valence-corrected chi connectivity index (χ1v) is 12.0. The number of carbonyl (C=O) groups excluding carboxylic acids is 1. The molecular formula is C20H11B3ClF4N3O8S. The monoisotopic (exact) mass is 597 g/mol. The Kier molecular flexibility index (Phi) is 8.93. The Hall–Kier alpha value is -3.54. The van der Waals surface area contributed by atoms with Crippen LogP contribution in [0.5, 0.6) is 17.2 Å². The Balaban J connectivity index is 2.01. The van der Waals surface area contributed by atoms with Crippen molar-refractivity contribution in [1.82, 2.24) is 9.78 Å². The van der Waals surface area contributed by atoms with Gasteiger partial charge in [-0.05, 0) is 29.6 Å². The van der Waals surface area contributed by atoms with Crippen molar-refractivity contribution >= 4 is 57.1 Å². The molecule has 204 valence electrons. The van der Waals surface area contributed by atoms with Gasteiger partial charge in [-0.3, -0.25) is 14.1 Å². The molecule has 20 heteroatoms. The van der Waals surface area contributed by atoms with Crippen molar-refractivity contribution in [2.75, 3.05) is 5.32 Å². The number of carbonyl (C=O) groups is 1. The van der Waals surface area contributed by atoms with Gasteiger partial charge >= 0.3 is 16.6 Å². The third-order valence-electron chi connectivity index (χ3n) is 4.48. The number of nitrogens with one attached hydrogen (secondary N) is 1. The number of hydrogen-bond acceptors (Lipinski definition) is 8. The van der Waals surface area contributed by atoms with Crippen LogP contribution in [-0.2, 0) is 27.5 Å². The van der Waals surface area contributed by atoms with E-state index in [9.17, 15) is 35.6 Å². The average molecular weight is 597 g/mol. The molecule has 0 aliphatic heterocycles. The molecule has 2 aromatic carbocycles. The van der Waals surface area contributed by atoms with Gasteiger partial charge in [-0.15, -0.1) is 0 Å². The summed E-state index contributed by atoms with van der Waals surface area (Å²) in [7, 11) is 11.2. The van der Waals surface area contributed by atoms with Crippen molar-refractivity contribution in [1.29, 1.82) is 0 Å². The van der Waals surface area contributed by atoms with Gasteiger partial charge in [-0.1, -0.05) is 11.6 Å². The predicted molar refractivity (Wildman–Crippen MR) is 133 cm³/mol. The molecule has 0 saturated heterocycles. The summed E-state index contributed by atoms with van der Waals surface area (Å²) < 4.78 is 99.2. The fourth-order valence-electron chi connectivity index (χ4n) is 2.90. The van der Waals surface area contributed by atoms with Gasteiger partial charge in [0.25, 0.3) is 11.5 Å². The van der Waals surface area contributed by atoms with Crippen LogP contribution in [0.2, 0.25) is 5.02 Å². The highest BCUT2D eigenvalue weighted by Crippen LogP contribution is 2.41. The summed E-state index contributed by atoms with van der Waals surface area (Å²) in [5.74, 6) is -3.80. The molecule has 3 rings (SSSR count). The SMILES string of the molecule is [B]C([B])([B])Oc1cc(F)ccc1Oc1cc(C(F)(F)F)c(Cl)cc1C(=O)Nc1cnn(COS(=O)(=O)O)c(=O)c1. The second-order valence-corrected chi connectivity index (χ2v) is 9.18.